The van der Waals surface area contributed by atoms with Gasteiger partial charge in [0.1, 0.15) is 11.5 Å². The van der Waals surface area contributed by atoms with E-state index in [1.807, 2.05) is 89.4 Å². The van der Waals surface area contributed by atoms with Crippen molar-refractivity contribution in [3.8, 4) is 68.6 Å². The predicted molar refractivity (Wildman–Crippen MR) is 367 cm³/mol. The molecule has 0 saturated heterocycles. The van der Waals surface area contributed by atoms with Gasteiger partial charge in [-0.05, 0) is 140 Å². The van der Waals surface area contributed by atoms with E-state index in [2.05, 4.69) is 161 Å². The maximum Gasteiger partial charge on any atom is 0.235 e. The summed E-state index contributed by atoms with van der Waals surface area (Å²) in [5.41, 5.74) is 13.6. The lowest BCUT2D eigenvalue weighted by Crippen LogP contribution is -2.05. The van der Waals surface area contributed by atoms with E-state index in [0.717, 1.165) is 61.5 Å². The number of nitrogens with zero attached hydrogens (tertiary/aromatic N) is 8. The molecule has 88 heavy (non-hydrogen) atoms. The largest absolute Gasteiger partial charge is 0.294 e. The molecule has 0 atom stereocenters. The summed E-state index contributed by atoms with van der Waals surface area (Å²) in [6.07, 6.45) is 12.4. The van der Waals surface area contributed by atoms with E-state index in [1.165, 1.54) is 137 Å². The van der Waals surface area contributed by atoms with Gasteiger partial charge in [-0.25, -0.2) is 29.9 Å². The molecule has 2 saturated carbocycles. The molecule has 7 heterocycles. The summed E-state index contributed by atoms with van der Waals surface area (Å²) in [7, 11) is 0. The van der Waals surface area contributed by atoms with E-state index >= 15 is 0 Å². The van der Waals surface area contributed by atoms with E-state index < -0.39 is 0 Å². The average molecular weight is 1170 g/mol. The number of benzene rings is 9. The fraction of sp³-hybridized carbons (Fsp3) is 0.154. The average Bonchev–Trinajstić information content (AvgIpc) is 1.75. The quantitative estimate of drug-likeness (QED) is 0.143. The third-order valence-electron chi connectivity index (χ3n) is 19.0. The number of rotatable bonds is 9. The van der Waals surface area contributed by atoms with Crippen molar-refractivity contribution in [1.82, 2.24) is 39.0 Å². The van der Waals surface area contributed by atoms with Crippen LogP contribution in [0.3, 0.4) is 0 Å². The molecule has 0 amide bonds. The first kappa shape index (κ1) is 51.5. The van der Waals surface area contributed by atoms with Crippen molar-refractivity contribution in [3.05, 3.63) is 230 Å². The van der Waals surface area contributed by atoms with Crippen LogP contribution in [0.2, 0.25) is 0 Å². The summed E-state index contributed by atoms with van der Waals surface area (Å²) in [6.45, 7) is 0. The van der Waals surface area contributed by atoms with E-state index in [-0.39, 0.29) is 0 Å². The Hall–Kier alpha value is -9.74. The minimum atomic E-state index is 0.500. The molecule has 0 aliphatic heterocycles. The summed E-state index contributed by atoms with van der Waals surface area (Å²) in [4.78, 5) is 32.4. The van der Waals surface area contributed by atoms with Crippen LogP contribution in [0.1, 0.15) is 87.2 Å². The third kappa shape index (κ3) is 8.67. The van der Waals surface area contributed by atoms with Crippen LogP contribution in [0.4, 0.5) is 0 Å². The lowest BCUT2D eigenvalue weighted by molar-refractivity contribution is 0.444. The van der Waals surface area contributed by atoms with Crippen molar-refractivity contribution in [3.63, 3.8) is 0 Å². The molecule has 7 aromatic heterocycles. The van der Waals surface area contributed by atoms with Crippen molar-refractivity contribution < 1.29 is 0 Å². The lowest BCUT2D eigenvalue weighted by Gasteiger charge is -2.22. The number of thiophene rings is 2. The molecular formula is C78H58N8S2. The van der Waals surface area contributed by atoms with Crippen molar-refractivity contribution in [2.75, 3.05) is 0 Å². The van der Waals surface area contributed by atoms with E-state index in [1.54, 1.807) is 0 Å². The number of fused-ring (bicyclic) bond motifs is 13. The van der Waals surface area contributed by atoms with Crippen molar-refractivity contribution >= 4 is 107 Å². The molecule has 0 spiro atoms. The van der Waals surface area contributed by atoms with Crippen LogP contribution in [0.25, 0.3) is 153 Å². The summed E-state index contributed by atoms with van der Waals surface area (Å²) >= 11 is 3.69. The van der Waals surface area contributed by atoms with Crippen LogP contribution in [-0.2, 0) is 0 Å². The molecule has 2 fully saturated rings. The summed E-state index contributed by atoms with van der Waals surface area (Å²) in [6, 6.07) is 79.4. The van der Waals surface area contributed by atoms with Gasteiger partial charge < -0.3 is 0 Å². The van der Waals surface area contributed by atoms with Crippen molar-refractivity contribution in [2.45, 2.75) is 76.0 Å². The first-order valence-corrected chi connectivity index (χ1v) is 32.8. The van der Waals surface area contributed by atoms with Gasteiger partial charge in [-0.15, -0.1) is 22.7 Å². The Morgan fingerprint density at radius 3 is 1.31 bits per heavy atom. The summed E-state index contributed by atoms with van der Waals surface area (Å²) < 4.78 is 9.86. The summed E-state index contributed by atoms with van der Waals surface area (Å²) in [5, 5.41) is 9.87. The molecule has 0 unspecified atom stereocenters. The van der Waals surface area contributed by atoms with Gasteiger partial charge in [-0.2, -0.15) is 0 Å². The zero-order valence-electron chi connectivity index (χ0n) is 48.4. The Balaban J connectivity index is 0.897. The Bertz CT molecular complexity index is 5240. The normalized spacial score (nSPS) is 14.5. The van der Waals surface area contributed by atoms with Gasteiger partial charge in [0.05, 0.1) is 33.5 Å². The smallest absolute Gasteiger partial charge is 0.235 e. The maximum atomic E-state index is 5.74. The minimum Gasteiger partial charge on any atom is -0.294 e. The fourth-order valence-electron chi connectivity index (χ4n) is 14.7. The first-order valence-electron chi connectivity index (χ1n) is 31.2. The van der Waals surface area contributed by atoms with Crippen LogP contribution in [-0.4, -0.2) is 39.0 Å². The number of aromatic nitrogens is 8. The molecule has 0 bridgehead atoms. The molecule has 0 N–H and O–H groups in total. The third-order valence-corrected chi connectivity index (χ3v) is 21.3. The van der Waals surface area contributed by atoms with Gasteiger partial charge in [-0.3, -0.25) is 9.13 Å². The van der Waals surface area contributed by atoms with Gasteiger partial charge in [0.25, 0.3) is 0 Å². The van der Waals surface area contributed by atoms with E-state index in [4.69, 9.17) is 29.9 Å². The molecule has 2 aliphatic carbocycles. The van der Waals surface area contributed by atoms with Crippen LogP contribution >= 0.6 is 22.7 Å². The van der Waals surface area contributed by atoms with Gasteiger partial charge in [0.2, 0.25) is 5.95 Å². The second kappa shape index (κ2) is 21.0. The fourth-order valence-corrected chi connectivity index (χ4v) is 16.9. The minimum absolute atomic E-state index is 0.500. The molecule has 18 rings (SSSR count). The molecule has 422 valence electrons. The summed E-state index contributed by atoms with van der Waals surface area (Å²) in [5.74, 6) is 4.17. The molecule has 16 aromatic rings. The second-order valence-corrected chi connectivity index (χ2v) is 26.4. The molecule has 10 heteroatoms. The van der Waals surface area contributed by atoms with Gasteiger partial charge in [0.15, 0.2) is 17.5 Å². The second-order valence-electron chi connectivity index (χ2n) is 24.2. The molecule has 2 aliphatic rings. The Labute approximate surface area is 516 Å². The highest BCUT2D eigenvalue weighted by Gasteiger charge is 2.27. The monoisotopic (exact) mass is 1170 g/mol. The highest BCUT2D eigenvalue weighted by Crippen LogP contribution is 2.47. The highest BCUT2D eigenvalue weighted by atomic mass is 32.1. The Kier molecular flexibility index (Phi) is 12.3. The van der Waals surface area contributed by atoms with Gasteiger partial charge >= 0.3 is 0 Å². The molecule has 9 aromatic carbocycles. The maximum absolute atomic E-state index is 5.74. The topological polar surface area (TPSA) is 87.2 Å². The first-order chi connectivity index (χ1) is 43.6. The SMILES string of the molecule is c1ccc(-c2nc(-c3ccccc3)nc(-c3cccc(-n4c5ccc(C6CCCCC6)cc5c5c6c7cc(C8CCCCC8)ccc7n(-c7nc(-c8ccc9sc%10ccccc%10c9c8)cc(-c8ccc9sc%10ccccc%10c9c8)n7)c6ccc54)n3)n2)cc1. The lowest BCUT2D eigenvalue weighted by atomic mass is 9.83. The number of pyridine rings is 1. The van der Waals surface area contributed by atoms with Gasteiger partial charge in [-0.1, -0.05) is 166 Å². The zero-order valence-corrected chi connectivity index (χ0v) is 50.0. The van der Waals surface area contributed by atoms with E-state index in [9.17, 15) is 0 Å². The van der Waals surface area contributed by atoms with Crippen LogP contribution in [0.5, 0.6) is 0 Å². The molecule has 8 nitrogen and oxygen atoms in total. The predicted octanol–water partition coefficient (Wildman–Crippen LogP) is 21.4. The number of hydrogen-bond donors (Lipinski definition) is 0. The van der Waals surface area contributed by atoms with Gasteiger partial charge in [0, 0.05) is 84.1 Å². The van der Waals surface area contributed by atoms with Crippen LogP contribution < -0.4 is 0 Å². The highest BCUT2D eigenvalue weighted by molar-refractivity contribution is 7.26. The van der Waals surface area contributed by atoms with Crippen molar-refractivity contribution in [2.24, 2.45) is 0 Å². The molecule has 0 radical (unpaired) electrons. The Morgan fingerprint density at radius 2 is 0.761 bits per heavy atom. The zero-order chi connectivity index (χ0) is 57.8. The Morgan fingerprint density at radius 1 is 0.295 bits per heavy atom. The van der Waals surface area contributed by atoms with Crippen LogP contribution in [0.15, 0.2) is 218 Å². The molecular weight excluding hydrogens is 1110 g/mol. The standard InChI is InChI=1S/C78H58N8S2/c1-5-18-47(19-6-1)51-32-36-64-59(42-51)73-66(85(64)72-31-17-28-61(79-72)77-83-75(49-22-9-3-10-23-49)82-76(84-77)50-24-11-4-12-25-50)38-39-67-74(73)60-43-52(48-20-7-2-8-21-48)33-37-65(60)86(67)78-80-62(53-34-40-70-57(44-53)55-26-13-15-29-68(55)87-70)46-63(81-78)54-35-41-71-58(45-54)56-27-14-16-30-69(56)88-71/h3-4,9-17,22-48H,1-2,5-8,18-21H2. The van der Waals surface area contributed by atoms with Crippen LogP contribution in [0, 0.1) is 0 Å². The number of hydrogen-bond acceptors (Lipinski definition) is 8. The van der Waals surface area contributed by atoms with Crippen molar-refractivity contribution in [1.29, 1.82) is 0 Å². The van der Waals surface area contributed by atoms with E-state index in [0.29, 0.717) is 41.0 Å².